The molecule has 0 radical (unpaired) electrons. The molecular formula is C26H40N2Si2. The zero-order valence-corrected chi connectivity index (χ0v) is 22.1. The molecule has 0 fully saturated rings. The van der Waals surface area contributed by atoms with Crippen LogP contribution in [0.3, 0.4) is 0 Å². The van der Waals surface area contributed by atoms with E-state index in [4.69, 9.17) is 9.98 Å². The van der Waals surface area contributed by atoms with Gasteiger partial charge in [-0.1, -0.05) is 88.0 Å². The van der Waals surface area contributed by atoms with Gasteiger partial charge in [0.2, 0.25) is 0 Å². The molecule has 2 rings (SSSR count). The van der Waals surface area contributed by atoms with Crippen molar-refractivity contribution < 1.29 is 0 Å². The summed E-state index contributed by atoms with van der Waals surface area (Å²) in [5.74, 6) is 0. The number of benzene rings is 2. The third-order valence-electron chi connectivity index (χ3n) is 4.76. The molecule has 0 aliphatic carbocycles. The molecule has 0 aromatic heterocycles. The fraction of sp³-hybridized carbons (Fsp3) is 0.462. The molecular weight excluding hydrogens is 396 g/mol. The molecule has 0 saturated heterocycles. The molecule has 0 heterocycles. The zero-order valence-electron chi connectivity index (χ0n) is 20.1. The van der Waals surface area contributed by atoms with Crippen LogP contribution in [0, 0.1) is 0 Å². The van der Waals surface area contributed by atoms with Gasteiger partial charge in [0.25, 0.3) is 0 Å². The number of aliphatic imine (C=N–C) groups is 2. The highest BCUT2D eigenvalue weighted by atomic mass is 28.3. The van der Waals surface area contributed by atoms with E-state index in [1.807, 2.05) is 6.21 Å². The third kappa shape index (κ3) is 9.81. The molecule has 4 heteroatoms. The molecule has 2 aromatic rings. The Morgan fingerprint density at radius 2 is 1.20 bits per heavy atom. The Balaban J connectivity index is 2.13. The lowest BCUT2D eigenvalue weighted by atomic mass is 10.1. The number of rotatable bonds is 10. The summed E-state index contributed by atoms with van der Waals surface area (Å²) in [6.45, 7) is 16.7. The molecule has 0 atom stereocenters. The van der Waals surface area contributed by atoms with Crippen LogP contribution >= 0.6 is 0 Å². The minimum Gasteiger partial charge on any atom is -0.255 e. The quantitative estimate of drug-likeness (QED) is 0.265. The van der Waals surface area contributed by atoms with Gasteiger partial charge >= 0.3 is 0 Å². The minimum atomic E-state index is -1.09. The van der Waals surface area contributed by atoms with Crippen LogP contribution in [0.1, 0.15) is 37.3 Å². The van der Waals surface area contributed by atoms with Gasteiger partial charge in [-0.2, -0.15) is 0 Å². The predicted molar refractivity (Wildman–Crippen MR) is 142 cm³/mol. The van der Waals surface area contributed by atoms with E-state index in [1.165, 1.54) is 23.2 Å². The second kappa shape index (κ2) is 11.0. The summed E-state index contributed by atoms with van der Waals surface area (Å²) in [5, 5.41) is 0. The van der Waals surface area contributed by atoms with E-state index < -0.39 is 16.1 Å². The summed E-state index contributed by atoms with van der Waals surface area (Å²) in [6, 6.07) is 19.9. The fourth-order valence-electron chi connectivity index (χ4n) is 3.44. The number of nitrogens with zero attached hydrogens (tertiary/aromatic N) is 2. The molecule has 2 aromatic carbocycles. The van der Waals surface area contributed by atoms with Crippen LogP contribution in [0.15, 0.2) is 58.5 Å². The van der Waals surface area contributed by atoms with Crippen molar-refractivity contribution in [1.29, 1.82) is 0 Å². The summed E-state index contributed by atoms with van der Waals surface area (Å²) in [7, 11) is -2.17. The summed E-state index contributed by atoms with van der Waals surface area (Å²) in [5.41, 5.74) is 5.93. The maximum atomic E-state index is 4.90. The highest BCUT2D eigenvalue weighted by Gasteiger charge is 2.14. The van der Waals surface area contributed by atoms with E-state index in [1.54, 1.807) is 0 Å². The first-order valence-corrected chi connectivity index (χ1v) is 18.7. The summed E-state index contributed by atoms with van der Waals surface area (Å²) in [4.78, 5) is 9.62. The molecule has 162 valence electrons. The van der Waals surface area contributed by atoms with E-state index in [2.05, 4.69) is 94.7 Å². The second-order valence-corrected chi connectivity index (χ2v) is 21.7. The van der Waals surface area contributed by atoms with Gasteiger partial charge in [0, 0.05) is 22.4 Å². The molecule has 0 aliphatic heterocycles. The number of hydrogen-bond donors (Lipinski definition) is 0. The first-order valence-electron chi connectivity index (χ1n) is 11.3. The van der Waals surface area contributed by atoms with E-state index in [9.17, 15) is 0 Å². The van der Waals surface area contributed by atoms with Gasteiger partial charge in [-0.05, 0) is 49.2 Å². The van der Waals surface area contributed by atoms with Crippen molar-refractivity contribution in [1.82, 2.24) is 0 Å². The fourth-order valence-corrected chi connectivity index (χ4v) is 6.36. The monoisotopic (exact) mass is 436 g/mol. The third-order valence-corrected chi connectivity index (χ3v) is 7.70. The molecule has 0 aliphatic rings. The highest BCUT2D eigenvalue weighted by molar-refractivity contribution is 6.75. The lowest BCUT2D eigenvalue weighted by Gasteiger charge is -2.15. The van der Waals surface area contributed by atoms with Crippen LogP contribution in [0.4, 0.5) is 11.4 Å². The van der Waals surface area contributed by atoms with Gasteiger partial charge in [0.05, 0.1) is 17.1 Å². The first-order chi connectivity index (χ1) is 14.0. The summed E-state index contributed by atoms with van der Waals surface area (Å²) in [6.07, 6.45) is 5.21. The molecule has 0 bridgehead atoms. The Hall–Kier alpha value is -1.79. The number of hydrogen-bond acceptors (Lipinski definition) is 2. The number of unbranched alkanes of at least 4 members (excludes halogenated alkanes) is 1. The van der Waals surface area contributed by atoms with Crippen molar-refractivity contribution >= 4 is 39.4 Å². The van der Waals surface area contributed by atoms with Crippen LogP contribution in [0.2, 0.25) is 39.3 Å². The van der Waals surface area contributed by atoms with Crippen LogP contribution < -0.4 is 0 Å². The van der Waals surface area contributed by atoms with Gasteiger partial charge in [-0.3, -0.25) is 9.98 Å². The Morgan fingerprint density at radius 1 is 0.733 bits per heavy atom. The Kier molecular flexibility index (Phi) is 8.98. The maximum Gasteiger partial charge on any atom is 0.0633 e. The second-order valence-electron chi connectivity index (χ2n) is 10.8. The molecule has 0 amide bonds. The van der Waals surface area contributed by atoms with E-state index >= 15 is 0 Å². The van der Waals surface area contributed by atoms with Gasteiger partial charge in [0.1, 0.15) is 0 Å². The topological polar surface area (TPSA) is 24.7 Å². The largest absolute Gasteiger partial charge is 0.255 e. The lowest BCUT2D eigenvalue weighted by Crippen LogP contribution is -2.23. The van der Waals surface area contributed by atoms with Crippen LogP contribution in [-0.4, -0.2) is 28.1 Å². The summed E-state index contributed by atoms with van der Waals surface area (Å²) >= 11 is 0. The van der Waals surface area contributed by atoms with Crippen molar-refractivity contribution in [3.63, 3.8) is 0 Å². The SMILES string of the molecule is CCCCC(C=Nc1ccc(C[Si](C)(C)C)cc1)=Nc1ccc(C[Si](C)(C)C)cc1. The van der Waals surface area contributed by atoms with Gasteiger partial charge in [0.15, 0.2) is 0 Å². The van der Waals surface area contributed by atoms with Crippen LogP contribution in [0.25, 0.3) is 0 Å². The van der Waals surface area contributed by atoms with Crippen LogP contribution in [-0.2, 0) is 12.1 Å². The average molecular weight is 437 g/mol. The summed E-state index contributed by atoms with van der Waals surface area (Å²) < 4.78 is 0. The minimum absolute atomic E-state index is 0.963. The Bertz CT molecular complexity index is 837. The normalized spacial score (nSPS) is 13.2. The van der Waals surface area contributed by atoms with E-state index in [0.717, 1.165) is 36.3 Å². The smallest absolute Gasteiger partial charge is 0.0633 e. The maximum absolute atomic E-state index is 4.90. The van der Waals surface area contributed by atoms with Gasteiger partial charge in [-0.15, -0.1) is 0 Å². The molecule has 30 heavy (non-hydrogen) atoms. The van der Waals surface area contributed by atoms with Crippen molar-refractivity contribution in [3.8, 4) is 0 Å². The van der Waals surface area contributed by atoms with Crippen LogP contribution in [0.5, 0.6) is 0 Å². The lowest BCUT2D eigenvalue weighted by molar-refractivity contribution is 0.839. The van der Waals surface area contributed by atoms with Crippen molar-refractivity contribution in [2.24, 2.45) is 9.98 Å². The first kappa shape index (κ1) is 24.5. The predicted octanol–water partition coefficient (Wildman–Crippen LogP) is 8.19. The van der Waals surface area contributed by atoms with Crippen molar-refractivity contribution in [3.05, 3.63) is 59.7 Å². The Morgan fingerprint density at radius 3 is 1.63 bits per heavy atom. The molecule has 2 nitrogen and oxygen atoms in total. The average Bonchev–Trinajstić information content (AvgIpc) is 2.64. The molecule has 0 N–H and O–H groups in total. The Labute approximate surface area is 186 Å². The van der Waals surface area contributed by atoms with Gasteiger partial charge < -0.3 is 0 Å². The molecule has 0 spiro atoms. The molecule has 0 unspecified atom stereocenters. The zero-order chi connectivity index (χ0) is 22.2. The van der Waals surface area contributed by atoms with E-state index in [0.29, 0.717) is 0 Å². The van der Waals surface area contributed by atoms with E-state index in [-0.39, 0.29) is 0 Å². The standard InChI is InChI=1S/C26H40N2Si2/c1-8-9-10-26(28-25-17-13-23(14-18-25)21-30(5,6)7)19-27-24-15-11-22(12-16-24)20-29(2,3)4/h11-19H,8-10,20-21H2,1-7H3. The highest BCUT2D eigenvalue weighted by Crippen LogP contribution is 2.19. The molecule has 0 saturated carbocycles. The van der Waals surface area contributed by atoms with Crippen molar-refractivity contribution in [2.75, 3.05) is 0 Å². The van der Waals surface area contributed by atoms with Gasteiger partial charge in [-0.25, -0.2) is 0 Å². The van der Waals surface area contributed by atoms with Crippen molar-refractivity contribution in [2.45, 2.75) is 77.6 Å².